The fourth-order valence-corrected chi connectivity index (χ4v) is 2.31. The van der Waals surface area contributed by atoms with Gasteiger partial charge in [-0.1, -0.05) is 30.3 Å². The topological polar surface area (TPSA) is 48.1 Å². The van der Waals surface area contributed by atoms with Gasteiger partial charge in [0.25, 0.3) is 0 Å². The van der Waals surface area contributed by atoms with E-state index in [9.17, 15) is 0 Å². The number of aromatic nitrogens is 1. The number of rotatable bonds is 3. The first-order valence-corrected chi connectivity index (χ1v) is 6.53. The molecule has 1 heterocycles. The Balaban J connectivity index is 1.90. The molecule has 2 aromatic carbocycles. The summed E-state index contributed by atoms with van der Waals surface area (Å²) in [5.41, 5.74) is 9.77. The lowest BCUT2D eigenvalue weighted by molar-refractivity contribution is 0.417. The Kier molecular flexibility index (Phi) is 3.25. The summed E-state index contributed by atoms with van der Waals surface area (Å²) in [6.07, 6.45) is 0.763. The summed E-state index contributed by atoms with van der Waals surface area (Å²) in [5, 5.41) is 1.16. The average Bonchev–Trinajstić information content (AvgIpc) is 2.47. The molecule has 0 bridgehead atoms. The average molecular weight is 264 g/mol. The number of anilines is 1. The van der Waals surface area contributed by atoms with Crippen molar-refractivity contribution in [2.24, 2.45) is 0 Å². The van der Waals surface area contributed by atoms with Crippen molar-refractivity contribution in [2.45, 2.75) is 6.42 Å². The smallest absolute Gasteiger partial charge is 0.141 e. The Labute approximate surface area is 118 Å². The lowest BCUT2D eigenvalue weighted by Crippen LogP contribution is -1.96. The number of methoxy groups -OCH3 is 1. The molecule has 0 fully saturated rings. The molecule has 0 amide bonds. The van der Waals surface area contributed by atoms with E-state index in [0.29, 0.717) is 11.4 Å². The largest absolute Gasteiger partial charge is 0.495 e. The Hall–Kier alpha value is -2.55. The summed E-state index contributed by atoms with van der Waals surface area (Å²) in [5.74, 6) is 0.709. The summed E-state index contributed by atoms with van der Waals surface area (Å²) in [6.45, 7) is 0. The van der Waals surface area contributed by atoms with Crippen molar-refractivity contribution >= 4 is 16.6 Å². The monoisotopic (exact) mass is 264 g/mol. The highest BCUT2D eigenvalue weighted by Gasteiger charge is 2.03. The van der Waals surface area contributed by atoms with Crippen LogP contribution in [0, 0.1) is 0 Å². The number of pyridine rings is 1. The van der Waals surface area contributed by atoms with Crippen LogP contribution in [0.3, 0.4) is 0 Å². The lowest BCUT2D eigenvalue weighted by atomic mass is 10.1. The molecule has 1 aromatic heterocycles. The summed E-state index contributed by atoms with van der Waals surface area (Å²) in [7, 11) is 1.62. The van der Waals surface area contributed by atoms with E-state index >= 15 is 0 Å². The van der Waals surface area contributed by atoms with E-state index in [4.69, 9.17) is 10.5 Å². The maximum atomic E-state index is 5.93. The van der Waals surface area contributed by atoms with Crippen LogP contribution in [0.4, 0.5) is 5.69 Å². The standard InChI is InChI=1S/C17H16N2O/c1-20-17-9-6-12(11-15(17)18)10-14-8-7-13-4-2-3-5-16(13)19-14/h2-9,11H,10,18H2,1H3. The first kappa shape index (κ1) is 12.5. The molecule has 0 spiro atoms. The van der Waals surface area contributed by atoms with Crippen LogP contribution in [0.1, 0.15) is 11.3 Å². The zero-order valence-corrected chi connectivity index (χ0v) is 11.3. The fraction of sp³-hybridized carbons (Fsp3) is 0.118. The van der Waals surface area contributed by atoms with E-state index in [2.05, 4.69) is 23.2 Å². The molecule has 3 heteroatoms. The molecule has 0 aliphatic heterocycles. The van der Waals surface area contributed by atoms with Crippen LogP contribution >= 0.6 is 0 Å². The normalized spacial score (nSPS) is 10.7. The predicted octanol–water partition coefficient (Wildman–Crippen LogP) is 3.42. The SMILES string of the molecule is COc1ccc(Cc2ccc3ccccc3n2)cc1N. The van der Waals surface area contributed by atoms with E-state index < -0.39 is 0 Å². The summed E-state index contributed by atoms with van der Waals surface area (Å²) < 4.78 is 5.17. The maximum Gasteiger partial charge on any atom is 0.141 e. The Bertz CT molecular complexity index is 753. The molecule has 0 unspecified atom stereocenters. The molecular formula is C17H16N2O. The zero-order chi connectivity index (χ0) is 13.9. The number of fused-ring (bicyclic) bond motifs is 1. The van der Waals surface area contributed by atoms with Gasteiger partial charge in [0.1, 0.15) is 5.75 Å². The second-order valence-electron chi connectivity index (χ2n) is 4.75. The van der Waals surface area contributed by atoms with E-state index in [0.717, 1.165) is 28.6 Å². The van der Waals surface area contributed by atoms with Crippen molar-refractivity contribution in [1.82, 2.24) is 4.98 Å². The molecule has 0 atom stereocenters. The van der Waals surface area contributed by atoms with Gasteiger partial charge in [-0.3, -0.25) is 4.98 Å². The van der Waals surface area contributed by atoms with Gasteiger partial charge in [0, 0.05) is 17.5 Å². The molecule has 20 heavy (non-hydrogen) atoms. The quantitative estimate of drug-likeness (QED) is 0.737. The van der Waals surface area contributed by atoms with Crippen LogP contribution in [0.25, 0.3) is 10.9 Å². The minimum Gasteiger partial charge on any atom is -0.495 e. The van der Waals surface area contributed by atoms with Crippen LogP contribution in [0.5, 0.6) is 5.75 Å². The Morgan fingerprint density at radius 3 is 2.70 bits per heavy atom. The number of ether oxygens (including phenoxy) is 1. The minimum atomic E-state index is 0.658. The molecule has 3 rings (SSSR count). The number of nitrogens with zero attached hydrogens (tertiary/aromatic N) is 1. The summed E-state index contributed by atoms with van der Waals surface area (Å²) >= 11 is 0. The van der Waals surface area contributed by atoms with Crippen LogP contribution < -0.4 is 10.5 Å². The number of hydrogen-bond acceptors (Lipinski definition) is 3. The summed E-state index contributed by atoms with van der Waals surface area (Å²) in [4.78, 5) is 4.67. The number of para-hydroxylation sites is 1. The number of benzene rings is 2. The summed E-state index contributed by atoms with van der Waals surface area (Å²) in [6, 6.07) is 18.1. The van der Waals surface area contributed by atoms with Gasteiger partial charge < -0.3 is 10.5 Å². The molecule has 3 nitrogen and oxygen atoms in total. The highest BCUT2D eigenvalue weighted by atomic mass is 16.5. The fourth-order valence-electron chi connectivity index (χ4n) is 2.31. The number of hydrogen-bond donors (Lipinski definition) is 1. The van der Waals surface area contributed by atoms with Crippen LogP contribution in [0.15, 0.2) is 54.6 Å². The van der Waals surface area contributed by atoms with Crippen molar-refractivity contribution in [1.29, 1.82) is 0 Å². The van der Waals surface area contributed by atoms with Crippen LogP contribution in [0.2, 0.25) is 0 Å². The third kappa shape index (κ3) is 2.43. The van der Waals surface area contributed by atoms with Gasteiger partial charge in [0.05, 0.1) is 18.3 Å². The molecule has 0 aliphatic carbocycles. The van der Waals surface area contributed by atoms with Gasteiger partial charge in [-0.05, 0) is 29.8 Å². The van der Waals surface area contributed by atoms with Crippen molar-refractivity contribution < 1.29 is 4.74 Å². The Morgan fingerprint density at radius 2 is 1.90 bits per heavy atom. The third-order valence-corrected chi connectivity index (χ3v) is 3.34. The van der Waals surface area contributed by atoms with Gasteiger partial charge >= 0.3 is 0 Å². The molecule has 0 aliphatic rings. The van der Waals surface area contributed by atoms with Gasteiger partial charge in [0.2, 0.25) is 0 Å². The highest BCUT2D eigenvalue weighted by Crippen LogP contribution is 2.23. The second-order valence-corrected chi connectivity index (χ2v) is 4.75. The van der Waals surface area contributed by atoms with Gasteiger partial charge in [0.15, 0.2) is 0 Å². The highest BCUT2D eigenvalue weighted by molar-refractivity contribution is 5.78. The lowest BCUT2D eigenvalue weighted by Gasteiger charge is -2.07. The van der Waals surface area contributed by atoms with E-state index in [-0.39, 0.29) is 0 Å². The molecule has 0 saturated carbocycles. The Morgan fingerprint density at radius 1 is 1.05 bits per heavy atom. The number of nitrogen functional groups attached to an aromatic ring is 1. The van der Waals surface area contributed by atoms with E-state index in [1.165, 1.54) is 0 Å². The molecule has 0 saturated heterocycles. The molecule has 0 radical (unpaired) electrons. The zero-order valence-electron chi connectivity index (χ0n) is 11.3. The van der Waals surface area contributed by atoms with E-state index in [1.807, 2.05) is 36.4 Å². The molecule has 3 aromatic rings. The minimum absolute atomic E-state index is 0.658. The van der Waals surface area contributed by atoms with Crippen LogP contribution in [-0.4, -0.2) is 12.1 Å². The van der Waals surface area contributed by atoms with Gasteiger partial charge in [-0.25, -0.2) is 0 Å². The van der Waals surface area contributed by atoms with Gasteiger partial charge in [-0.15, -0.1) is 0 Å². The third-order valence-electron chi connectivity index (χ3n) is 3.34. The molecule has 2 N–H and O–H groups in total. The van der Waals surface area contributed by atoms with Crippen molar-refractivity contribution in [3.8, 4) is 5.75 Å². The van der Waals surface area contributed by atoms with Crippen molar-refractivity contribution in [2.75, 3.05) is 12.8 Å². The first-order valence-electron chi connectivity index (χ1n) is 6.53. The van der Waals surface area contributed by atoms with Gasteiger partial charge in [-0.2, -0.15) is 0 Å². The molecule has 100 valence electrons. The predicted molar refractivity (Wildman–Crippen MR) is 82.0 cm³/mol. The van der Waals surface area contributed by atoms with Crippen molar-refractivity contribution in [3.63, 3.8) is 0 Å². The van der Waals surface area contributed by atoms with E-state index in [1.54, 1.807) is 7.11 Å². The van der Waals surface area contributed by atoms with Crippen LogP contribution in [-0.2, 0) is 6.42 Å². The number of nitrogens with two attached hydrogens (primary N) is 1. The second kappa shape index (κ2) is 5.21. The van der Waals surface area contributed by atoms with Crippen molar-refractivity contribution in [3.05, 3.63) is 65.9 Å². The molecular weight excluding hydrogens is 248 g/mol. The first-order chi connectivity index (χ1) is 9.76. The maximum absolute atomic E-state index is 5.93.